The van der Waals surface area contributed by atoms with Gasteiger partial charge in [-0.3, -0.25) is 0 Å². The van der Waals surface area contributed by atoms with Gasteiger partial charge >= 0.3 is 6.18 Å². The van der Waals surface area contributed by atoms with Crippen LogP contribution in [0, 0.1) is 5.82 Å². The van der Waals surface area contributed by atoms with Crippen LogP contribution in [-0.4, -0.2) is 42.7 Å². The van der Waals surface area contributed by atoms with Crippen molar-refractivity contribution in [1.82, 2.24) is 9.29 Å². The molecule has 0 radical (unpaired) electrons. The predicted molar refractivity (Wildman–Crippen MR) is 81.6 cm³/mol. The first-order valence-corrected chi connectivity index (χ1v) is 9.08. The summed E-state index contributed by atoms with van der Waals surface area (Å²) < 4.78 is 74.9. The number of benzene rings is 1. The van der Waals surface area contributed by atoms with Crippen molar-refractivity contribution >= 4 is 20.9 Å². The van der Waals surface area contributed by atoms with Crippen molar-refractivity contribution in [3.8, 4) is 0 Å². The Morgan fingerprint density at radius 1 is 1.21 bits per heavy atom. The smallest absolute Gasteiger partial charge is 0.361 e. The third-order valence-electron chi connectivity index (χ3n) is 4.31. The van der Waals surface area contributed by atoms with Crippen LogP contribution in [0.25, 0.3) is 10.9 Å². The molecule has 1 aromatic carbocycles. The van der Waals surface area contributed by atoms with E-state index in [4.69, 9.17) is 0 Å². The molecule has 1 saturated heterocycles. The molecule has 2 heterocycles. The van der Waals surface area contributed by atoms with E-state index < -0.39 is 22.0 Å². The fraction of sp³-hybridized carbons (Fsp3) is 0.467. The maximum Gasteiger partial charge on any atom is 0.404 e. The second kappa shape index (κ2) is 6.03. The lowest BCUT2D eigenvalue weighted by molar-refractivity contribution is -0.107. The number of aromatic amines is 1. The lowest BCUT2D eigenvalue weighted by Crippen LogP contribution is -2.42. The number of nitrogens with zero attached hydrogens (tertiary/aromatic N) is 1. The molecule has 0 atom stereocenters. The van der Waals surface area contributed by atoms with Gasteiger partial charge in [0.1, 0.15) is 5.82 Å². The Morgan fingerprint density at radius 2 is 1.88 bits per heavy atom. The second-order valence-corrected chi connectivity index (χ2v) is 7.95. The molecule has 0 bridgehead atoms. The van der Waals surface area contributed by atoms with Crippen molar-refractivity contribution in [2.45, 2.75) is 24.9 Å². The molecule has 4 nitrogen and oxygen atoms in total. The van der Waals surface area contributed by atoms with E-state index in [2.05, 4.69) is 4.98 Å². The lowest BCUT2D eigenvalue weighted by atomic mass is 9.90. The van der Waals surface area contributed by atoms with Crippen molar-refractivity contribution < 1.29 is 26.0 Å². The number of sulfonamides is 1. The van der Waals surface area contributed by atoms with E-state index in [1.165, 1.54) is 12.1 Å². The average Bonchev–Trinajstić information content (AvgIpc) is 2.87. The van der Waals surface area contributed by atoms with Crippen molar-refractivity contribution in [3.63, 3.8) is 0 Å². The molecule has 1 N–H and O–H groups in total. The summed E-state index contributed by atoms with van der Waals surface area (Å²) in [7, 11) is -4.33. The van der Waals surface area contributed by atoms with Crippen molar-refractivity contribution in [1.29, 1.82) is 0 Å². The monoisotopic (exact) mass is 364 g/mol. The van der Waals surface area contributed by atoms with Crippen LogP contribution in [0.1, 0.15) is 24.3 Å². The number of aromatic nitrogens is 1. The van der Waals surface area contributed by atoms with Gasteiger partial charge in [-0.05, 0) is 42.5 Å². The van der Waals surface area contributed by atoms with Gasteiger partial charge in [0.15, 0.2) is 5.75 Å². The van der Waals surface area contributed by atoms with Gasteiger partial charge in [0, 0.05) is 30.2 Å². The highest BCUT2D eigenvalue weighted by Gasteiger charge is 2.39. The van der Waals surface area contributed by atoms with Crippen LogP contribution in [0.3, 0.4) is 0 Å². The zero-order valence-electron chi connectivity index (χ0n) is 12.6. The second-order valence-electron chi connectivity index (χ2n) is 5.98. The lowest BCUT2D eigenvalue weighted by Gasteiger charge is -2.31. The van der Waals surface area contributed by atoms with Gasteiger partial charge < -0.3 is 4.98 Å². The van der Waals surface area contributed by atoms with Crippen LogP contribution in [0.5, 0.6) is 0 Å². The summed E-state index contributed by atoms with van der Waals surface area (Å²) in [6.07, 6.45) is -2.12. The molecule has 3 rings (SSSR count). The molecule has 24 heavy (non-hydrogen) atoms. The van der Waals surface area contributed by atoms with E-state index >= 15 is 0 Å². The Labute approximate surface area is 136 Å². The van der Waals surface area contributed by atoms with Crippen LogP contribution in [0.2, 0.25) is 0 Å². The average molecular weight is 364 g/mol. The van der Waals surface area contributed by atoms with E-state index in [1.807, 2.05) is 0 Å². The largest absolute Gasteiger partial charge is 0.404 e. The first-order chi connectivity index (χ1) is 11.2. The third-order valence-corrected chi connectivity index (χ3v) is 6.15. The van der Waals surface area contributed by atoms with Crippen LogP contribution < -0.4 is 0 Å². The number of hydrogen-bond donors (Lipinski definition) is 1. The molecule has 0 saturated carbocycles. The van der Waals surface area contributed by atoms with Gasteiger partial charge in [-0.2, -0.15) is 13.2 Å². The Morgan fingerprint density at radius 3 is 2.50 bits per heavy atom. The quantitative estimate of drug-likeness (QED) is 0.849. The summed E-state index contributed by atoms with van der Waals surface area (Å²) in [6.45, 7) is 0.105. The molecule has 0 aliphatic carbocycles. The molecule has 0 unspecified atom stereocenters. The van der Waals surface area contributed by atoms with Crippen LogP contribution >= 0.6 is 0 Å². The highest BCUT2D eigenvalue weighted by molar-refractivity contribution is 7.89. The van der Waals surface area contributed by atoms with Crippen molar-refractivity contribution in [2.75, 3.05) is 18.8 Å². The number of alkyl halides is 3. The summed E-state index contributed by atoms with van der Waals surface area (Å²) >= 11 is 0. The number of H-pyrrole nitrogens is 1. The van der Waals surface area contributed by atoms with Crippen LogP contribution in [0.15, 0.2) is 24.4 Å². The number of rotatable bonds is 3. The number of fused-ring (bicyclic) bond motifs is 1. The SMILES string of the molecule is O=S(=O)(CC(F)(F)F)N1CCC(c2c[nH]c3cc(F)ccc23)CC1. The first-order valence-electron chi connectivity index (χ1n) is 7.47. The predicted octanol–water partition coefficient (Wildman–Crippen LogP) is 3.38. The third kappa shape index (κ3) is 3.56. The van der Waals surface area contributed by atoms with Gasteiger partial charge in [0.05, 0.1) is 0 Å². The number of nitrogens with one attached hydrogen (secondary N) is 1. The molecule has 0 amide bonds. The van der Waals surface area contributed by atoms with E-state index in [-0.39, 0.29) is 24.8 Å². The standard InChI is InChI=1S/C15H16F4N2O2S/c16-11-1-2-12-13(8-20-14(12)7-11)10-3-5-21(6-4-10)24(22,23)9-15(17,18)19/h1-2,7-8,10,20H,3-6,9H2. The molecular weight excluding hydrogens is 348 g/mol. The highest BCUT2D eigenvalue weighted by Crippen LogP contribution is 2.34. The van der Waals surface area contributed by atoms with Crippen LogP contribution in [0.4, 0.5) is 17.6 Å². The molecule has 1 aromatic heterocycles. The fourth-order valence-corrected chi connectivity index (χ4v) is 4.57. The minimum Gasteiger partial charge on any atom is -0.361 e. The zero-order valence-corrected chi connectivity index (χ0v) is 13.4. The van der Waals surface area contributed by atoms with E-state index in [9.17, 15) is 26.0 Å². The minimum absolute atomic E-state index is 0.0292. The van der Waals surface area contributed by atoms with Gasteiger partial charge in [0.2, 0.25) is 10.0 Å². The van der Waals surface area contributed by atoms with Gasteiger partial charge in [-0.15, -0.1) is 0 Å². The van der Waals surface area contributed by atoms with Crippen molar-refractivity contribution in [2.24, 2.45) is 0 Å². The zero-order chi connectivity index (χ0) is 17.5. The van der Waals surface area contributed by atoms with E-state index in [0.717, 1.165) is 15.3 Å². The first kappa shape index (κ1) is 17.2. The normalized spacial score (nSPS) is 18.3. The molecule has 0 spiro atoms. The molecule has 9 heteroatoms. The summed E-state index contributed by atoms with van der Waals surface area (Å²) in [4.78, 5) is 2.98. The molecule has 1 aliphatic rings. The highest BCUT2D eigenvalue weighted by atomic mass is 32.2. The molecule has 1 aliphatic heterocycles. The maximum atomic E-state index is 13.2. The molecule has 132 valence electrons. The number of hydrogen-bond acceptors (Lipinski definition) is 2. The Hall–Kier alpha value is -1.61. The summed E-state index contributed by atoms with van der Waals surface area (Å²) in [6, 6.07) is 4.38. The fourth-order valence-electron chi connectivity index (χ4n) is 3.20. The van der Waals surface area contributed by atoms with Gasteiger partial charge in [0.25, 0.3) is 0 Å². The van der Waals surface area contributed by atoms with E-state index in [1.54, 1.807) is 12.3 Å². The number of piperidine rings is 1. The molecule has 1 fully saturated rings. The topological polar surface area (TPSA) is 53.2 Å². The van der Waals surface area contributed by atoms with Crippen LogP contribution in [-0.2, 0) is 10.0 Å². The minimum atomic E-state index is -4.74. The summed E-state index contributed by atoms with van der Waals surface area (Å²) in [5, 5.41) is 0.855. The number of halogens is 4. The summed E-state index contributed by atoms with van der Waals surface area (Å²) in [5.41, 5.74) is 1.59. The van der Waals surface area contributed by atoms with E-state index in [0.29, 0.717) is 18.4 Å². The Kier molecular flexibility index (Phi) is 4.33. The Balaban J connectivity index is 1.73. The van der Waals surface area contributed by atoms with Gasteiger partial charge in [-0.1, -0.05) is 0 Å². The summed E-state index contributed by atoms with van der Waals surface area (Å²) in [5.74, 6) is -2.15. The van der Waals surface area contributed by atoms with Gasteiger partial charge in [-0.25, -0.2) is 17.1 Å². The molecule has 2 aromatic rings. The Bertz CT molecular complexity index is 837. The van der Waals surface area contributed by atoms with Crippen molar-refractivity contribution in [3.05, 3.63) is 35.8 Å². The maximum absolute atomic E-state index is 13.2. The molecular formula is C15H16F4N2O2S.